The number of nitrogens with one attached hydrogen (secondary N) is 2. The maximum atomic E-state index is 10.4. The molecule has 82 valence electrons. The van der Waals surface area contributed by atoms with Crippen LogP contribution in [0.2, 0.25) is 0 Å². The molecule has 2 atom stereocenters. The normalized spacial score (nSPS) is 27.5. The number of hydrogen-bond acceptors (Lipinski definition) is 4. The van der Waals surface area contributed by atoms with E-state index in [-0.39, 0.29) is 12.5 Å². The molecule has 1 aliphatic rings. The van der Waals surface area contributed by atoms with Crippen LogP contribution in [0.3, 0.4) is 0 Å². The number of piperazine rings is 1. The fourth-order valence-electron chi connectivity index (χ4n) is 1.69. The van der Waals surface area contributed by atoms with Gasteiger partial charge in [-0.2, -0.15) is 0 Å². The molecule has 1 aliphatic heterocycles. The molecule has 1 heterocycles. The van der Waals surface area contributed by atoms with Crippen LogP contribution in [-0.4, -0.2) is 42.8 Å². The average Bonchev–Trinajstić information content (AvgIpc) is 2.16. The maximum Gasteiger partial charge on any atom is 0.304 e. The highest BCUT2D eigenvalue weighted by atomic mass is 16.4. The number of carboxylic acid groups (broad SMARTS) is 1. The Bertz CT molecular complexity index is 179. The Balaban J connectivity index is 2.14. The largest absolute Gasteiger partial charge is 0.481 e. The topological polar surface area (TPSA) is 87.4 Å². The molecule has 1 fully saturated rings. The number of nitrogens with two attached hydrogens (primary N) is 1. The minimum Gasteiger partial charge on any atom is -0.481 e. The summed E-state index contributed by atoms with van der Waals surface area (Å²) in [5, 5.41) is 15.1. The lowest BCUT2D eigenvalue weighted by molar-refractivity contribution is -0.137. The minimum absolute atomic E-state index is 0.0710. The number of rotatable bonds is 5. The van der Waals surface area contributed by atoms with E-state index in [4.69, 9.17) is 10.8 Å². The molecule has 0 aliphatic carbocycles. The molecule has 0 aromatic rings. The van der Waals surface area contributed by atoms with E-state index in [9.17, 15) is 4.79 Å². The van der Waals surface area contributed by atoms with Crippen molar-refractivity contribution in [3.63, 3.8) is 0 Å². The molecule has 0 aromatic carbocycles. The van der Waals surface area contributed by atoms with Gasteiger partial charge in [0.05, 0.1) is 6.42 Å². The summed E-state index contributed by atoms with van der Waals surface area (Å²) in [6, 6.07) is 0.519. The van der Waals surface area contributed by atoms with Gasteiger partial charge in [-0.15, -0.1) is 0 Å². The summed E-state index contributed by atoms with van der Waals surface area (Å²) in [4.78, 5) is 10.4. The molecule has 1 saturated heterocycles. The molecule has 0 radical (unpaired) electrons. The maximum absolute atomic E-state index is 10.4. The predicted octanol–water partition coefficient (Wildman–Crippen LogP) is -0.870. The van der Waals surface area contributed by atoms with Gasteiger partial charge in [-0.25, -0.2) is 0 Å². The van der Waals surface area contributed by atoms with Crippen molar-refractivity contribution in [2.45, 2.75) is 31.3 Å². The van der Waals surface area contributed by atoms with Crippen molar-refractivity contribution >= 4 is 5.97 Å². The molecular formula is C9H19N3O2. The molecule has 1 rings (SSSR count). The van der Waals surface area contributed by atoms with Crippen LogP contribution in [0.15, 0.2) is 0 Å². The molecule has 5 nitrogen and oxygen atoms in total. The Morgan fingerprint density at radius 2 is 2.00 bits per heavy atom. The molecular weight excluding hydrogens is 182 g/mol. The van der Waals surface area contributed by atoms with Crippen LogP contribution >= 0.6 is 0 Å². The fraction of sp³-hybridized carbons (Fsp3) is 0.889. The van der Waals surface area contributed by atoms with Crippen LogP contribution in [-0.2, 0) is 4.79 Å². The summed E-state index contributed by atoms with van der Waals surface area (Å²) in [5.41, 5.74) is 5.41. The van der Waals surface area contributed by atoms with Crippen molar-refractivity contribution in [3.05, 3.63) is 0 Å². The zero-order chi connectivity index (χ0) is 10.4. The molecule has 0 saturated carbocycles. The highest BCUT2D eigenvalue weighted by Crippen LogP contribution is 2.02. The van der Waals surface area contributed by atoms with Gasteiger partial charge in [-0.05, 0) is 19.4 Å². The van der Waals surface area contributed by atoms with Crippen LogP contribution in [0.5, 0.6) is 0 Å². The summed E-state index contributed by atoms with van der Waals surface area (Å²) < 4.78 is 0. The van der Waals surface area contributed by atoms with Gasteiger partial charge in [0.1, 0.15) is 0 Å². The first-order valence-electron chi connectivity index (χ1n) is 5.11. The summed E-state index contributed by atoms with van der Waals surface area (Å²) in [6.45, 7) is 2.30. The average molecular weight is 201 g/mol. The number of carboxylic acids is 1. The van der Waals surface area contributed by atoms with Crippen LogP contribution in [0, 0.1) is 0 Å². The summed E-state index contributed by atoms with van der Waals surface area (Å²) in [6.07, 6.45) is 2.27. The first kappa shape index (κ1) is 11.4. The van der Waals surface area contributed by atoms with Crippen molar-refractivity contribution < 1.29 is 9.90 Å². The zero-order valence-corrected chi connectivity index (χ0v) is 8.33. The molecule has 14 heavy (non-hydrogen) atoms. The van der Waals surface area contributed by atoms with Crippen LogP contribution < -0.4 is 16.4 Å². The second kappa shape index (κ2) is 5.95. The molecule has 0 bridgehead atoms. The first-order valence-corrected chi connectivity index (χ1v) is 5.11. The fourth-order valence-corrected chi connectivity index (χ4v) is 1.69. The lowest BCUT2D eigenvalue weighted by Gasteiger charge is -2.30. The minimum atomic E-state index is -0.746. The van der Waals surface area contributed by atoms with E-state index in [1.54, 1.807) is 0 Å². The van der Waals surface area contributed by atoms with Gasteiger partial charge in [0.15, 0.2) is 0 Å². The van der Waals surface area contributed by atoms with Gasteiger partial charge in [-0.3, -0.25) is 4.79 Å². The zero-order valence-electron chi connectivity index (χ0n) is 8.33. The van der Waals surface area contributed by atoms with E-state index < -0.39 is 5.97 Å². The van der Waals surface area contributed by atoms with Crippen LogP contribution in [0.4, 0.5) is 0 Å². The van der Waals surface area contributed by atoms with Crippen molar-refractivity contribution in [2.24, 2.45) is 5.73 Å². The van der Waals surface area contributed by atoms with E-state index in [1.807, 2.05) is 0 Å². The summed E-state index contributed by atoms with van der Waals surface area (Å²) in [5.74, 6) is -0.746. The van der Waals surface area contributed by atoms with Gasteiger partial charge in [0, 0.05) is 25.2 Å². The van der Waals surface area contributed by atoms with Crippen molar-refractivity contribution in [1.82, 2.24) is 10.6 Å². The van der Waals surface area contributed by atoms with Crippen molar-refractivity contribution in [1.29, 1.82) is 0 Å². The van der Waals surface area contributed by atoms with E-state index in [2.05, 4.69) is 10.6 Å². The Labute approximate surface area is 84.0 Å². The quantitative estimate of drug-likeness (QED) is 0.464. The Hall–Kier alpha value is -0.650. The van der Waals surface area contributed by atoms with E-state index >= 15 is 0 Å². The lowest BCUT2D eigenvalue weighted by Crippen LogP contribution is -2.54. The number of carbonyl (C=O) groups is 1. The third kappa shape index (κ3) is 4.04. The third-order valence-electron chi connectivity index (χ3n) is 2.48. The number of aliphatic carboxylic acids is 1. The predicted molar refractivity (Wildman–Crippen MR) is 54.1 cm³/mol. The first-order chi connectivity index (χ1) is 6.72. The SMILES string of the molecule is NCCC[C@H]1CN[C@H](CC(=O)O)CN1. The third-order valence-corrected chi connectivity index (χ3v) is 2.48. The lowest BCUT2D eigenvalue weighted by atomic mass is 10.1. The molecule has 0 spiro atoms. The van der Waals surface area contributed by atoms with E-state index in [0.29, 0.717) is 6.04 Å². The molecule has 0 amide bonds. The van der Waals surface area contributed by atoms with E-state index in [0.717, 1.165) is 32.5 Å². The molecule has 0 aromatic heterocycles. The van der Waals surface area contributed by atoms with Crippen LogP contribution in [0.1, 0.15) is 19.3 Å². The van der Waals surface area contributed by atoms with Gasteiger partial charge in [0.25, 0.3) is 0 Å². The van der Waals surface area contributed by atoms with Crippen molar-refractivity contribution in [3.8, 4) is 0 Å². The molecule has 0 unspecified atom stereocenters. The van der Waals surface area contributed by atoms with Gasteiger partial charge < -0.3 is 21.5 Å². The van der Waals surface area contributed by atoms with Gasteiger partial charge in [0.2, 0.25) is 0 Å². The molecule has 5 heteroatoms. The highest BCUT2D eigenvalue weighted by Gasteiger charge is 2.20. The summed E-state index contributed by atoms with van der Waals surface area (Å²) >= 11 is 0. The Kier molecular flexibility index (Phi) is 4.86. The van der Waals surface area contributed by atoms with Gasteiger partial charge in [-0.1, -0.05) is 0 Å². The molecule has 5 N–H and O–H groups in total. The van der Waals surface area contributed by atoms with Crippen LogP contribution in [0.25, 0.3) is 0 Å². The van der Waals surface area contributed by atoms with E-state index in [1.165, 1.54) is 0 Å². The summed E-state index contributed by atoms with van der Waals surface area (Å²) in [7, 11) is 0. The monoisotopic (exact) mass is 201 g/mol. The Morgan fingerprint density at radius 3 is 2.50 bits per heavy atom. The Morgan fingerprint density at radius 1 is 1.36 bits per heavy atom. The highest BCUT2D eigenvalue weighted by molar-refractivity contribution is 5.67. The van der Waals surface area contributed by atoms with Crippen molar-refractivity contribution in [2.75, 3.05) is 19.6 Å². The smallest absolute Gasteiger partial charge is 0.304 e. The van der Waals surface area contributed by atoms with Gasteiger partial charge >= 0.3 is 5.97 Å². The number of hydrogen-bond donors (Lipinski definition) is 4. The second-order valence-corrected chi connectivity index (χ2v) is 3.74. The standard InChI is InChI=1S/C9H19N3O2/c10-3-1-2-7-5-12-8(6-11-7)4-9(13)14/h7-8,11-12H,1-6,10H2,(H,13,14)/t7-,8+/m0/s1. The second-order valence-electron chi connectivity index (χ2n) is 3.74.